The quantitative estimate of drug-likeness (QED) is 0.678. The predicted octanol–water partition coefficient (Wildman–Crippen LogP) is 3.35. The van der Waals surface area contributed by atoms with Crippen molar-refractivity contribution in [1.82, 2.24) is 0 Å². The molecular formula is C20H22N2O2. The number of benzene rings is 2. The number of ether oxygens (including phenoxy) is 1. The molecule has 0 fully saturated rings. The summed E-state index contributed by atoms with van der Waals surface area (Å²) in [4.78, 5) is 14.5. The summed E-state index contributed by atoms with van der Waals surface area (Å²) in [5.74, 6) is 0.619. The molecule has 24 heavy (non-hydrogen) atoms. The Labute approximate surface area is 142 Å². The number of hydrogen-bond acceptors (Lipinski definition) is 3. The molecule has 1 amide bonds. The summed E-state index contributed by atoms with van der Waals surface area (Å²) in [5, 5.41) is 0. The average molecular weight is 322 g/mol. The summed E-state index contributed by atoms with van der Waals surface area (Å²) in [7, 11) is 0. The zero-order chi connectivity index (χ0) is 17.1. The van der Waals surface area contributed by atoms with E-state index in [2.05, 4.69) is 37.8 Å². The monoisotopic (exact) mass is 322 g/mol. The van der Waals surface area contributed by atoms with Gasteiger partial charge in [-0.1, -0.05) is 37.3 Å². The van der Waals surface area contributed by atoms with Crippen LogP contribution in [0.2, 0.25) is 0 Å². The summed E-state index contributed by atoms with van der Waals surface area (Å²) in [6.07, 6.45) is 2.72. The Balaban J connectivity index is 1.87. The van der Waals surface area contributed by atoms with Gasteiger partial charge in [0.1, 0.15) is 5.75 Å². The zero-order valence-electron chi connectivity index (χ0n) is 13.9. The summed E-state index contributed by atoms with van der Waals surface area (Å²) in [6, 6.07) is 13.7. The molecule has 0 saturated heterocycles. The molecule has 1 atom stereocenters. The first kappa shape index (κ1) is 16.1. The van der Waals surface area contributed by atoms with Crippen LogP contribution in [0.3, 0.4) is 0 Å². The van der Waals surface area contributed by atoms with Crippen LogP contribution >= 0.6 is 0 Å². The van der Waals surface area contributed by atoms with E-state index in [1.807, 2.05) is 6.07 Å². The fourth-order valence-corrected chi connectivity index (χ4v) is 2.91. The number of fused-ring (bicyclic) bond motifs is 1. The second-order valence-corrected chi connectivity index (χ2v) is 5.95. The van der Waals surface area contributed by atoms with Crippen molar-refractivity contribution in [2.75, 3.05) is 17.2 Å². The van der Waals surface area contributed by atoms with Gasteiger partial charge < -0.3 is 15.4 Å². The van der Waals surface area contributed by atoms with Crippen LogP contribution < -0.4 is 15.4 Å². The molecule has 2 N–H and O–H groups in total. The van der Waals surface area contributed by atoms with Crippen molar-refractivity contribution < 1.29 is 9.53 Å². The van der Waals surface area contributed by atoms with Crippen molar-refractivity contribution in [2.45, 2.75) is 25.9 Å². The highest BCUT2D eigenvalue weighted by molar-refractivity contribution is 6.00. The fraction of sp³-hybridized carbons (Fsp3) is 0.250. The molecule has 4 heteroatoms. The molecule has 0 bridgehead atoms. The summed E-state index contributed by atoms with van der Waals surface area (Å²) in [6.45, 7) is 6.30. The van der Waals surface area contributed by atoms with Crippen molar-refractivity contribution in [1.29, 1.82) is 0 Å². The van der Waals surface area contributed by atoms with E-state index in [1.54, 1.807) is 23.1 Å². The third-order valence-electron chi connectivity index (χ3n) is 4.25. The number of nitrogen functional groups attached to an aromatic ring is 1. The molecule has 0 aromatic heterocycles. The van der Waals surface area contributed by atoms with Gasteiger partial charge in [-0.2, -0.15) is 0 Å². The van der Waals surface area contributed by atoms with Gasteiger partial charge in [0, 0.05) is 18.7 Å². The minimum absolute atomic E-state index is 0.0624. The molecule has 3 rings (SSSR count). The summed E-state index contributed by atoms with van der Waals surface area (Å²) >= 11 is 0. The number of carbonyl (C=O) groups is 1. The summed E-state index contributed by atoms with van der Waals surface area (Å²) < 4.78 is 5.96. The second kappa shape index (κ2) is 6.79. The van der Waals surface area contributed by atoms with Crippen molar-refractivity contribution >= 4 is 17.3 Å². The highest BCUT2D eigenvalue weighted by Gasteiger charge is 2.33. The van der Waals surface area contributed by atoms with E-state index in [-0.39, 0.29) is 5.91 Å². The van der Waals surface area contributed by atoms with Gasteiger partial charge in [-0.05, 0) is 35.7 Å². The maximum absolute atomic E-state index is 12.8. The van der Waals surface area contributed by atoms with Crippen molar-refractivity contribution in [3.8, 4) is 5.75 Å². The maximum atomic E-state index is 12.8. The van der Waals surface area contributed by atoms with E-state index in [0.717, 1.165) is 12.0 Å². The highest BCUT2D eigenvalue weighted by atomic mass is 16.5. The lowest BCUT2D eigenvalue weighted by Crippen LogP contribution is -2.47. The van der Waals surface area contributed by atoms with Crippen LogP contribution in [0.5, 0.6) is 5.75 Å². The largest absolute Gasteiger partial charge is 0.478 e. The highest BCUT2D eigenvalue weighted by Crippen LogP contribution is 2.36. The Morgan fingerprint density at radius 1 is 1.21 bits per heavy atom. The van der Waals surface area contributed by atoms with Gasteiger partial charge in [0.15, 0.2) is 6.10 Å². The van der Waals surface area contributed by atoms with E-state index in [0.29, 0.717) is 30.1 Å². The first-order chi connectivity index (χ1) is 11.6. The lowest BCUT2D eigenvalue weighted by molar-refractivity contribution is -0.126. The van der Waals surface area contributed by atoms with Crippen LogP contribution in [0.1, 0.15) is 18.1 Å². The topological polar surface area (TPSA) is 55.6 Å². The number of carbonyl (C=O) groups excluding carboxylic acids is 1. The number of rotatable bonds is 5. The van der Waals surface area contributed by atoms with Crippen LogP contribution in [0.25, 0.3) is 0 Å². The number of aryl methyl sites for hydroxylation is 1. The summed E-state index contributed by atoms with van der Waals surface area (Å²) in [5.41, 5.74) is 9.53. The number of hydrogen-bond donors (Lipinski definition) is 1. The normalized spacial score (nSPS) is 16.5. The first-order valence-corrected chi connectivity index (χ1v) is 8.18. The van der Waals surface area contributed by atoms with E-state index >= 15 is 0 Å². The van der Waals surface area contributed by atoms with Crippen LogP contribution in [0, 0.1) is 0 Å². The van der Waals surface area contributed by atoms with Gasteiger partial charge in [0.2, 0.25) is 0 Å². The molecule has 0 radical (unpaired) electrons. The van der Waals surface area contributed by atoms with Gasteiger partial charge in [-0.3, -0.25) is 4.79 Å². The minimum atomic E-state index is -0.534. The molecule has 1 unspecified atom stereocenters. The van der Waals surface area contributed by atoms with Crippen LogP contribution in [0.4, 0.5) is 11.4 Å². The first-order valence-electron chi connectivity index (χ1n) is 8.18. The van der Waals surface area contributed by atoms with Gasteiger partial charge >= 0.3 is 0 Å². The Morgan fingerprint density at radius 3 is 2.58 bits per heavy atom. The Kier molecular flexibility index (Phi) is 4.56. The third-order valence-corrected chi connectivity index (χ3v) is 4.25. The van der Waals surface area contributed by atoms with E-state index in [9.17, 15) is 4.79 Å². The van der Waals surface area contributed by atoms with E-state index in [4.69, 9.17) is 10.5 Å². The van der Waals surface area contributed by atoms with E-state index in [1.165, 1.54) is 5.56 Å². The molecule has 0 saturated carbocycles. The third kappa shape index (κ3) is 3.13. The predicted molar refractivity (Wildman–Crippen MR) is 97.3 cm³/mol. The molecule has 1 aliphatic heterocycles. The molecular weight excluding hydrogens is 300 g/mol. The molecule has 2 aromatic carbocycles. The molecule has 4 nitrogen and oxygen atoms in total. The SMILES string of the molecule is C=CCN1C(=O)C(Cc2ccc(CC)cc2)Oc2ccc(N)cc21. The molecule has 0 aliphatic carbocycles. The van der Waals surface area contributed by atoms with Gasteiger partial charge in [0.25, 0.3) is 5.91 Å². The van der Waals surface area contributed by atoms with Crippen molar-refractivity contribution in [2.24, 2.45) is 0 Å². The van der Waals surface area contributed by atoms with Crippen molar-refractivity contribution in [3.05, 3.63) is 66.2 Å². The molecule has 0 spiro atoms. The van der Waals surface area contributed by atoms with E-state index < -0.39 is 6.10 Å². The van der Waals surface area contributed by atoms with Crippen LogP contribution in [0.15, 0.2) is 55.1 Å². The fourth-order valence-electron chi connectivity index (χ4n) is 2.91. The number of nitrogens with two attached hydrogens (primary N) is 1. The Morgan fingerprint density at radius 2 is 1.92 bits per heavy atom. The van der Waals surface area contributed by atoms with Gasteiger partial charge in [-0.25, -0.2) is 0 Å². The molecule has 124 valence electrons. The lowest BCUT2D eigenvalue weighted by Gasteiger charge is -2.34. The van der Waals surface area contributed by atoms with Crippen LogP contribution in [-0.4, -0.2) is 18.6 Å². The molecule has 1 heterocycles. The standard InChI is InChI=1S/C20H22N2O2/c1-3-11-22-17-13-16(21)9-10-18(17)24-19(20(22)23)12-15-7-5-14(4-2)6-8-15/h3,5-10,13,19H,1,4,11-12,21H2,2H3. The molecule has 2 aromatic rings. The van der Waals surface area contributed by atoms with Crippen LogP contribution in [-0.2, 0) is 17.6 Å². The number of amides is 1. The van der Waals surface area contributed by atoms with Gasteiger partial charge in [-0.15, -0.1) is 6.58 Å². The maximum Gasteiger partial charge on any atom is 0.268 e. The minimum Gasteiger partial charge on any atom is -0.478 e. The Hall–Kier alpha value is -2.75. The zero-order valence-corrected chi connectivity index (χ0v) is 13.9. The number of anilines is 2. The van der Waals surface area contributed by atoms with Gasteiger partial charge in [0.05, 0.1) is 5.69 Å². The molecule has 1 aliphatic rings. The van der Waals surface area contributed by atoms with Crippen molar-refractivity contribution in [3.63, 3.8) is 0 Å². The Bertz CT molecular complexity index is 753. The number of nitrogens with zero attached hydrogens (tertiary/aromatic N) is 1. The smallest absolute Gasteiger partial charge is 0.268 e. The second-order valence-electron chi connectivity index (χ2n) is 5.95. The average Bonchev–Trinajstić information content (AvgIpc) is 2.60. The lowest BCUT2D eigenvalue weighted by atomic mass is 10.0.